The average Bonchev–Trinajstić information content (AvgIpc) is 3.27. The van der Waals surface area contributed by atoms with Crippen LogP contribution in [-0.4, -0.2) is 21.7 Å². The second-order valence-electron chi connectivity index (χ2n) is 7.28. The van der Waals surface area contributed by atoms with Gasteiger partial charge in [0, 0.05) is 39.8 Å². The molecule has 0 bridgehead atoms. The number of hydrogen-bond donors (Lipinski definition) is 2. The SMILES string of the molecule is CC(=O)c1c(Cc2c[nH]c3ccc(Cl)cc23)[nH]c(C(=O)OCc2ccccc2)c1C. The molecule has 0 unspecified atom stereocenters. The second kappa shape index (κ2) is 8.20. The quantitative estimate of drug-likeness (QED) is 0.314. The highest BCUT2D eigenvalue weighted by atomic mass is 35.5. The zero-order valence-corrected chi connectivity index (χ0v) is 17.5. The van der Waals surface area contributed by atoms with Crippen molar-refractivity contribution in [1.82, 2.24) is 9.97 Å². The summed E-state index contributed by atoms with van der Waals surface area (Å²) in [5, 5.41) is 1.63. The molecule has 0 spiro atoms. The number of esters is 1. The standard InChI is InChI=1S/C24H21ClN2O3/c1-14-22(15(2)28)21(10-17-12-26-20-9-8-18(25)11-19(17)20)27-23(14)24(29)30-13-16-6-4-3-5-7-16/h3-9,11-12,26-27H,10,13H2,1-2H3. The van der Waals surface area contributed by atoms with Gasteiger partial charge in [-0.2, -0.15) is 0 Å². The molecule has 0 amide bonds. The van der Waals surface area contributed by atoms with E-state index in [2.05, 4.69) is 9.97 Å². The van der Waals surface area contributed by atoms with E-state index < -0.39 is 5.97 Å². The largest absolute Gasteiger partial charge is 0.456 e. The van der Waals surface area contributed by atoms with Gasteiger partial charge in [0.2, 0.25) is 0 Å². The van der Waals surface area contributed by atoms with Crippen LogP contribution in [0.15, 0.2) is 54.7 Å². The molecule has 0 aliphatic carbocycles. The molecule has 0 saturated carbocycles. The van der Waals surface area contributed by atoms with Crippen LogP contribution in [-0.2, 0) is 17.8 Å². The van der Waals surface area contributed by atoms with Gasteiger partial charge in [0.1, 0.15) is 12.3 Å². The van der Waals surface area contributed by atoms with Crippen LogP contribution in [0.3, 0.4) is 0 Å². The Kier molecular flexibility index (Phi) is 5.46. The van der Waals surface area contributed by atoms with E-state index in [0.717, 1.165) is 22.0 Å². The summed E-state index contributed by atoms with van der Waals surface area (Å²) in [4.78, 5) is 31.4. The molecule has 5 nitrogen and oxygen atoms in total. The van der Waals surface area contributed by atoms with Gasteiger partial charge in [-0.05, 0) is 48.7 Å². The van der Waals surface area contributed by atoms with E-state index in [9.17, 15) is 9.59 Å². The first-order valence-corrected chi connectivity index (χ1v) is 10.0. The lowest BCUT2D eigenvalue weighted by atomic mass is 10.0. The number of hydrogen-bond acceptors (Lipinski definition) is 3. The summed E-state index contributed by atoms with van der Waals surface area (Å²) in [6.07, 6.45) is 2.36. The molecular formula is C24H21ClN2O3. The van der Waals surface area contributed by atoms with E-state index in [1.807, 2.05) is 54.7 Å². The number of ether oxygens (including phenoxy) is 1. The van der Waals surface area contributed by atoms with Crippen LogP contribution < -0.4 is 0 Å². The van der Waals surface area contributed by atoms with E-state index in [1.54, 1.807) is 6.92 Å². The molecule has 0 atom stereocenters. The third kappa shape index (κ3) is 3.89. The third-order valence-corrected chi connectivity index (χ3v) is 5.43. The van der Waals surface area contributed by atoms with Crippen LogP contribution in [0.1, 0.15) is 50.2 Å². The number of halogens is 1. The van der Waals surface area contributed by atoms with Crippen LogP contribution in [0.5, 0.6) is 0 Å². The number of fused-ring (bicyclic) bond motifs is 1. The lowest BCUT2D eigenvalue weighted by Crippen LogP contribution is -2.07. The Hall–Kier alpha value is -3.31. The van der Waals surface area contributed by atoms with Crippen molar-refractivity contribution in [3.05, 3.63) is 93.4 Å². The summed E-state index contributed by atoms with van der Waals surface area (Å²) in [5.74, 6) is -0.578. The van der Waals surface area contributed by atoms with Crippen molar-refractivity contribution >= 4 is 34.3 Å². The van der Waals surface area contributed by atoms with Crippen molar-refractivity contribution in [3.63, 3.8) is 0 Å². The van der Waals surface area contributed by atoms with Gasteiger partial charge >= 0.3 is 5.97 Å². The fourth-order valence-corrected chi connectivity index (χ4v) is 3.93. The van der Waals surface area contributed by atoms with Gasteiger partial charge in [-0.1, -0.05) is 41.9 Å². The molecule has 0 fully saturated rings. The highest BCUT2D eigenvalue weighted by Gasteiger charge is 2.23. The maximum Gasteiger partial charge on any atom is 0.355 e. The smallest absolute Gasteiger partial charge is 0.355 e. The number of rotatable bonds is 6. The molecule has 4 aromatic rings. The Morgan fingerprint density at radius 3 is 2.60 bits per heavy atom. The van der Waals surface area contributed by atoms with Crippen LogP contribution in [0.4, 0.5) is 0 Å². The first-order valence-electron chi connectivity index (χ1n) is 9.63. The normalized spacial score (nSPS) is 11.0. The molecule has 2 aromatic heterocycles. The number of carbonyl (C=O) groups excluding carboxylic acids is 2. The Labute approximate surface area is 179 Å². The van der Waals surface area contributed by atoms with Crippen molar-refractivity contribution < 1.29 is 14.3 Å². The molecule has 152 valence electrons. The number of H-pyrrole nitrogens is 2. The second-order valence-corrected chi connectivity index (χ2v) is 7.71. The number of aromatic nitrogens is 2. The number of carbonyl (C=O) groups is 2. The number of Topliss-reactive ketones (excluding diaryl/α,β-unsaturated/α-hetero) is 1. The van der Waals surface area contributed by atoms with Crippen LogP contribution in [0, 0.1) is 6.92 Å². The summed E-state index contributed by atoms with van der Waals surface area (Å²) < 4.78 is 5.46. The topological polar surface area (TPSA) is 75.0 Å². The highest BCUT2D eigenvalue weighted by molar-refractivity contribution is 6.31. The molecule has 2 aromatic carbocycles. The lowest BCUT2D eigenvalue weighted by Gasteiger charge is -2.04. The molecule has 2 heterocycles. The maximum atomic E-state index is 12.7. The molecule has 30 heavy (non-hydrogen) atoms. The third-order valence-electron chi connectivity index (χ3n) is 5.19. The average molecular weight is 421 g/mol. The number of nitrogens with one attached hydrogen (secondary N) is 2. The molecule has 6 heteroatoms. The monoisotopic (exact) mass is 420 g/mol. The molecule has 0 aliphatic heterocycles. The molecule has 0 radical (unpaired) electrons. The van der Waals surface area contributed by atoms with E-state index in [0.29, 0.717) is 34.0 Å². The van der Waals surface area contributed by atoms with Gasteiger partial charge < -0.3 is 14.7 Å². The number of benzene rings is 2. The van der Waals surface area contributed by atoms with Gasteiger partial charge in [0.25, 0.3) is 0 Å². The Balaban J connectivity index is 1.64. The van der Waals surface area contributed by atoms with Crippen molar-refractivity contribution in [2.24, 2.45) is 0 Å². The van der Waals surface area contributed by atoms with E-state index in [-0.39, 0.29) is 12.4 Å². The van der Waals surface area contributed by atoms with Gasteiger partial charge in [-0.25, -0.2) is 4.79 Å². The fraction of sp³-hybridized carbons (Fsp3) is 0.167. The molecule has 0 aliphatic rings. The molecule has 0 saturated heterocycles. The minimum absolute atomic E-state index is 0.0984. The molecular weight excluding hydrogens is 400 g/mol. The summed E-state index contributed by atoms with van der Waals surface area (Å²) in [5.41, 5.74) is 4.98. The van der Waals surface area contributed by atoms with E-state index in [4.69, 9.17) is 16.3 Å². The molecule has 4 rings (SSSR count). The van der Waals surface area contributed by atoms with E-state index in [1.165, 1.54) is 6.92 Å². The van der Waals surface area contributed by atoms with Gasteiger partial charge in [0.15, 0.2) is 5.78 Å². The molecule has 2 N–H and O–H groups in total. The Bertz CT molecular complexity index is 1240. The van der Waals surface area contributed by atoms with Crippen LogP contribution in [0.2, 0.25) is 5.02 Å². The summed E-state index contributed by atoms with van der Waals surface area (Å²) >= 11 is 6.15. The minimum atomic E-state index is -0.480. The fourth-order valence-electron chi connectivity index (χ4n) is 3.75. The Morgan fingerprint density at radius 2 is 1.87 bits per heavy atom. The summed E-state index contributed by atoms with van der Waals surface area (Å²) in [7, 11) is 0. The lowest BCUT2D eigenvalue weighted by molar-refractivity contribution is 0.0465. The van der Waals surface area contributed by atoms with Gasteiger partial charge in [-0.15, -0.1) is 0 Å². The zero-order valence-electron chi connectivity index (χ0n) is 16.7. The summed E-state index contributed by atoms with van der Waals surface area (Å²) in [6.45, 7) is 3.44. The van der Waals surface area contributed by atoms with E-state index >= 15 is 0 Å². The predicted molar refractivity (Wildman–Crippen MR) is 117 cm³/mol. The van der Waals surface area contributed by atoms with Crippen molar-refractivity contribution in [2.75, 3.05) is 0 Å². The van der Waals surface area contributed by atoms with Crippen molar-refractivity contribution in [1.29, 1.82) is 0 Å². The Morgan fingerprint density at radius 1 is 1.10 bits per heavy atom. The van der Waals surface area contributed by atoms with Gasteiger partial charge in [0.05, 0.1) is 0 Å². The van der Waals surface area contributed by atoms with Crippen LogP contribution >= 0.6 is 11.6 Å². The highest BCUT2D eigenvalue weighted by Crippen LogP contribution is 2.27. The number of aromatic amines is 2. The zero-order chi connectivity index (χ0) is 21.3. The first kappa shape index (κ1) is 20.0. The first-order chi connectivity index (χ1) is 14.4. The van der Waals surface area contributed by atoms with Gasteiger partial charge in [-0.3, -0.25) is 4.79 Å². The summed E-state index contributed by atoms with van der Waals surface area (Å²) in [6, 6.07) is 15.1. The van der Waals surface area contributed by atoms with Crippen molar-refractivity contribution in [3.8, 4) is 0 Å². The van der Waals surface area contributed by atoms with Crippen LogP contribution in [0.25, 0.3) is 10.9 Å². The number of ketones is 1. The minimum Gasteiger partial charge on any atom is -0.456 e. The maximum absolute atomic E-state index is 12.7. The van der Waals surface area contributed by atoms with Crippen molar-refractivity contribution in [2.45, 2.75) is 26.9 Å². The predicted octanol–water partition coefficient (Wildman–Crippen LogP) is 5.61.